The average molecular weight is 233 g/mol. The van der Waals surface area contributed by atoms with Gasteiger partial charge < -0.3 is 10.4 Å². The maximum absolute atomic E-state index is 11.4. The third-order valence-corrected chi connectivity index (χ3v) is 4.75. The van der Waals surface area contributed by atoms with E-state index < -0.39 is 15.8 Å². The van der Waals surface area contributed by atoms with E-state index >= 15 is 0 Å². The van der Waals surface area contributed by atoms with Crippen molar-refractivity contribution in [3.05, 3.63) is 12.2 Å². The first-order valence-electron chi connectivity index (χ1n) is 4.77. The average Bonchev–Trinajstić information content (AvgIpc) is 2.45. The smallest absolute Gasteiger partial charge is 0.332 e. The molecule has 0 spiro atoms. The lowest BCUT2D eigenvalue weighted by molar-refractivity contribution is -0.132. The number of hydrogen-bond acceptors (Lipinski definition) is 4. The molecule has 0 aromatic rings. The van der Waals surface area contributed by atoms with Crippen molar-refractivity contribution < 1.29 is 18.3 Å². The quantitative estimate of drug-likeness (QED) is 0.642. The summed E-state index contributed by atoms with van der Waals surface area (Å²) < 4.78 is 22.8. The zero-order valence-electron chi connectivity index (χ0n) is 8.40. The molecule has 1 aliphatic rings. The second-order valence-electron chi connectivity index (χ2n) is 3.67. The van der Waals surface area contributed by atoms with Crippen LogP contribution in [0.2, 0.25) is 0 Å². The van der Waals surface area contributed by atoms with Gasteiger partial charge in [-0.25, -0.2) is 13.2 Å². The highest BCUT2D eigenvalue weighted by Crippen LogP contribution is 2.18. The molecule has 1 unspecified atom stereocenters. The number of aliphatic carboxylic acids is 1. The minimum absolute atomic E-state index is 0.0467. The van der Waals surface area contributed by atoms with Crippen LogP contribution in [-0.2, 0) is 14.6 Å². The molecule has 0 aliphatic carbocycles. The van der Waals surface area contributed by atoms with Gasteiger partial charge in [0.15, 0.2) is 9.84 Å². The molecule has 0 aromatic heterocycles. The van der Waals surface area contributed by atoms with Gasteiger partial charge in [0.2, 0.25) is 0 Å². The fourth-order valence-corrected chi connectivity index (χ4v) is 3.35. The summed E-state index contributed by atoms with van der Waals surface area (Å²) >= 11 is 0. The summed E-state index contributed by atoms with van der Waals surface area (Å²) in [5.41, 5.74) is 0.0467. The fraction of sp³-hybridized carbons (Fsp3) is 0.667. The van der Waals surface area contributed by atoms with Gasteiger partial charge in [0.25, 0.3) is 0 Å². The van der Waals surface area contributed by atoms with E-state index in [-0.39, 0.29) is 23.1 Å². The van der Waals surface area contributed by atoms with Gasteiger partial charge in [-0.05, 0) is 12.8 Å². The highest BCUT2D eigenvalue weighted by Gasteiger charge is 2.30. The molecule has 0 amide bonds. The zero-order valence-corrected chi connectivity index (χ0v) is 9.22. The number of rotatable bonds is 5. The lowest BCUT2D eigenvalue weighted by Crippen LogP contribution is -2.32. The van der Waals surface area contributed by atoms with Gasteiger partial charge >= 0.3 is 5.97 Å². The maximum Gasteiger partial charge on any atom is 0.332 e. The molecule has 6 heteroatoms. The van der Waals surface area contributed by atoms with E-state index in [0.29, 0.717) is 19.4 Å². The van der Waals surface area contributed by atoms with Crippen LogP contribution in [0.1, 0.15) is 12.8 Å². The van der Waals surface area contributed by atoms with Crippen molar-refractivity contribution in [2.45, 2.75) is 18.1 Å². The van der Waals surface area contributed by atoms with Crippen molar-refractivity contribution in [2.24, 2.45) is 0 Å². The van der Waals surface area contributed by atoms with Crippen molar-refractivity contribution in [3.8, 4) is 0 Å². The monoisotopic (exact) mass is 233 g/mol. The molecular weight excluding hydrogens is 218 g/mol. The first-order chi connectivity index (χ1) is 6.93. The van der Waals surface area contributed by atoms with Gasteiger partial charge in [-0.15, -0.1) is 0 Å². The van der Waals surface area contributed by atoms with E-state index in [2.05, 4.69) is 11.9 Å². The van der Waals surface area contributed by atoms with Crippen molar-refractivity contribution in [1.82, 2.24) is 5.32 Å². The summed E-state index contributed by atoms with van der Waals surface area (Å²) in [6.07, 6.45) is 1.36. The topological polar surface area (TPSA) is 83.5 Å². The summed E-state index contributed by atoms with van der Waals surface area (Å²) in [7, 11) is -2.94. The molecule has 1 heterocycles. The van der Waals surface area contributed by atoms with Gasteiger partial charge in [0.05, 0.1) is 11.0 Å². The largest absolute Gasteiger partial charge is 0.478 e. The molecule has 1 fully saturated rings. The van der Waals surface area contributed by atoms with E-state index in [0.717, 1.165) is 0 Å². The normalized spacial score (nSPS) is 23.9. The Balaban J connectivity index is 2.33. The first kappa shape index (κ1) is 12.2. The molecule has 1 saturated heterocycles. The van der Waals surface area contributed by atoms with Crippen molar-refractivity contribution in [3.63, 3.8) is 0 Å². The molecule has 0 bridgehead atoms. The highest BCUT2D eigenvalue weighted by atomic mass is 32.2. The van der Waals surface area contributed by atoms with Gasteiger partial charge in [-0.3, -0.25) is 0 Å². The maximum atomic E-state index is 11.4. The molecule has 0 saturated carbocycles. The second kappa shape index (κ2) is 4.76. The molecule has 2 N–H and O–H groups in total. The SMILES string of the molecule is C=C(CNCC1CCCS1(=O)=O)C(=O)O. The van der Waals surface area contributed by atoms with Crippen LogP contribution in [0.5, 0.6) is 0 Å². The van der Waals surface area contributed by atoms with Crippen LogP contribution in [0.25, 0.3) is 0 Å². The summed E-state index contributed by atoms with van der Waals surface area (Å²) in [5.74, 6) is -0.809. The van der Waals surface area contributed by atoms with Crippen LogP contribution in [-0.4, -0.2) is 43.6 Å². The lowest BCUT2D eigenvalue weighted by Gasteiger charge is -2.10. The second-order valence-corrected chi connectivity index (χ2v) is 6.07. The van der Waals surface area contributed by atoms with Gasteiger partial charge in [0, 0.05) is 18.7 Å². The van der Waals surface area contributed by atoms with Crippen molar-refractivity contribution >= 4 is 15.8 Å². The van der Waals surface area contributed by atoms with Crippen LogP contribution in [0.4, 0.5) is 0 Å². The predicted molar refractivity (Wildman–Crippen MR) is 56.5 cm³/mol. The van der Waals surface area contributed by atoms with Crippen LogP contribution >= 0.6 is 0 Å². The number of hydrogen-bond donors (Lipinski definition) is 2. The number of carbonyl (C=O) groups is 1. The lowest BCUT2D eigenvalue weighted by atomic mass is 10.2. The predicted octanol–water partition coefficient (Wildman–Crippen LogP) is -0.206. The molecule has 15 heavy (non-hydrogen) atoms. The number of carboxylic acids is 1. The van der Waals surface area contributed by atoms with E-state index in [1.54, 1.807) is 0 Å². The molecule has 5 nitrogen and oxygen atoms in total. The highest BCUT2D eigenvalue weighted by molar-refractivity contribution is 7.92. The Bertz CT molecular complexity index is 360. The van der Waals surface area contributed by atoms with Crippen LogP contribution in [0.15, 0.2) is 12.2 Å². The summed E-state index contributed by atoms with van der Waals surface area (Å²) in [6.45, 7) is 3.78. The Morgan fingerprint density at radius 3 is 2.67 bits per heavy atom. The third kappa shape index (κ3) is 3.32. The Morgan fingerprint density at radius 1 is 1.53 bits per heavy atom. The zero-order chi connectivity index (χ0) is 11.5. The summed E-state index contributed by atoms with van der Waals surface area (Å²) in [4.78, 5) is 10.4. The number of nitrogens with one attached hydrogen (secondary N) is 1. The Labute approximate surface area is 89.1 Å². The van der Waals surface area contributed by atoms with E-state index in [1.165, 1.54) is 0 Å². The number of carboxylic acid groups (broad SMARTS) is 1. The molecule has 1 aliphatic heterocycles. The first-order valence-corrected chi connectivity index (χ1v) is 6.48. The van der Waals surface area contributed by atoms with Crippen molar-refractivity contribution in [2.75, 3.05) is 18.8 Å². The minimum atomic E-state index is -2.94. The van der Waals surface area contributed by atoms with E-state index in [9.17, 15) is 13.2 Å². The molecule has 86 valence electrons. The molecule has 1 atom stereocenters. The van der Waals surface area contributed by atoms with Gasteiger partial charge in [-0.2, -0.15) is 0 Å². The molecule has 1 rings (SSSR count). The van der Waals surface area contributed by atoms with Crippen LogP contribution in [0, 0.1) is 0 Å². The van der Waals surface area contributed by atoms with Crippen LogP contribution in [0.3, 0.4) is 0 Å². The van der Waals surface area contributed by atoms with Crippen LogP contribution < -0.4 is 5.32 Å². The molecular formula is C9H15NO4S. The van der Waals surface area contributed by atoms with E-state index in [4.69, 9.17) is 5.11 Å². The molecule has 0 aromatic carbocycles. The van der Waals surface area contributed by atoms with Gasteiger partial charge in [0.1, 0.15) is 0 Å². The van der Waals surface area contributed by atoms with E-state index in [1.807, 2.05) is 0 Å². The van der Waals surface area contributed by atoms with Crippen molar-refractivity contribution in [1.29, 1.82) is 0 Å². The summed E-state index contributed by atoms with van der Waals surface area (Å²) in [5, 5.41) is 11.0. The number of sulfone groups is 1. The fourth-order valence-electron chi connectivity index (χ4n) is 1.55. The Morgan fingerprint density at radius 2 is 2.20 bits per heavy atom. The Kier molecular flexibility index (Phi) is 3.87. The van der Waals surface area contributed by atoms with Gasteiger partial charge in [-0.1, -0.05) is 6.58 Å². The third-order valence-electron chi connectivity index (χ3n) is 2.48. The minimum Gasteiger partial charge on any atom is -0.478 e. The summed E-state index contributed by atoms with van der Waals surface area (Å²) in [6, 6.07) is 0. The Hall–Kier alpha value is -0.880. The molecule has 0 radical (unpaired) electrons. The standard InChI is InChI=1S/C9H15NO4S/c1-7(9(11)12)5-10-6-8-3-2-4-15(8,13)14/h8,10H,1-6H2,(H,11,12).